The van der Waals surface area contributed by atoms with Crippen LogP contribution in [0, 0.1) is 0 Å². The number of aryl methyl sites for hydroxylation is 1. The second-order valence-electron chi connectivity index (χ2n) is 8.44. The van der Waals surface area contributed by atoms with Crippen LogP contribution in [0.2, 0.25) is 0 Å². The van der Waals surface area contributed by atoms with Gasteiger partial charge >= 0.3 is 0 Å². The Kier molecular flexibility index (Phi) is 6.10. The fourth-order valence-electron chi connectivity index (χ4n) is 4.73. The number of aromatic nitrogens is 2. The van der Waals surface area contributed by atoms with Gasteiger partial charge < -0.3 is 5.32 Å². The Balaban J connectivity index is 1.31. The monoisotopic (exact) mass is 380 g/mol. The van der Waals surface area contributed by atoms with Crippen molar-refractivity contribution in [3.05, 3.63) is 53.3 Å². The number of hydrogen-bond acceptors (Lipinski definition) is 3. The lowest BCUT2D eigenvalue weighted by Crippen LogP contribution is -2.44. The van der Waals surface area contributed by atoms with Gasteiger partial charge in [-0.1, -0.05) is 37.5 Å². The highest BCUT2D eigenvalue weighted by molar-refractivity contribution is 5.94. The molecule has 2 heterocycles. The fraction of sp³-hybridized carbons (Fsp3) is 0.565. The van der Waals surface area contributed by atoms with Gasteiger partial charge in [0.2, 0.25) is 0 Å². The summed E-state index contributed by atoms with van der Waals surface area (Å²) in [5.74, 6) is 0.693. The topological polar surface area (TPSA) is 50.2 Å². The summed E-state index contributed by atoms with van der Waals surface area (Å²) in [4.78, 5) is 14.9. The molecule has 1 aromatic heterocycles. The number of carbonyl (C=O) groups excluding carboxylic acids is 1. The third-order valence-electron chi connectivity index (χ3n) is 6.28. The van der Waals surface area contributed by atoms with E-state index >= 15 is 0 Å². The van der Waals surface area contributed by atoms with E-state index in [1.54, 1.807) is 0 Å². The van der Waals surface area contributed by atoms with Crippen LogP contribution in [0.4, 0.5) is 0 Å². The maximum Gasteiger partial charge on any atom is 0.251 e. The molecule has 1 aliphatic carbocycles. The van der Waals surface area contributed by atoms with Crippen LogP contribution >= 0.6 is 0 Å². The van der Waals surface area contributed by atoms with Crippen LogP contribution in [0.25, 0.3) is 0 Å². The quantitative estimate of drug-likeness (QED) is 0.857. The number of piperidine rings is 1. The van der Waals surface area contributed by atoms with E-state index in [4.69, 9.17) is 5.10 Å². The van der Waals surface area contributed by atoms with Crippen molar-refractivity contribution in [3.8, 4) is 0 Å². The standard InChI is InChI=1S/C23H32N4O/c1-26-16-20(22(25-26)18-8-4-2-5-9-18)17-27-14-12-21(13-15-27)24-23(28)19-10-6-3-7-11-19/h3,6-7,10-11,16,18,21H,2,4-5,8-9,12-15,17H2,1H3,(H,24,28). The van der Waals surface area contributed by atoms with Gasteiger partial charge in [-0.3, -0.25) is 14.4 Å². The van der Waals surface area contributed by atoms with Crippen molar-refractivity contribution in [2.45, 2.75) is 63.5 Å². The predicted octanol–water partition coefficient (Wildman–Crippen LogP) is 3.86. The van der Waals surface area contributed by atoms with Crippen molar-refractivity contribution in [1.29, 1.82) is 0 Å². The van der Waals surface area contributed by atoms with Gasteiger partial charge in [-0.15, -0.1) is 0 Å². The van der Waals surface area contributed by atoms with Crippen LogP contribution in [0.3, 0.4) is 0 Å². The summed E-state index contributed by atoms with van der Waals surface area (Å²) in [5.41, 5.74) is 3.49. The highest BCUT2D eigenvalue weighted by Gasteiger charge is 2.25. The Labute approximate surface area is 168 Å². The van der Waals surface area contributed by atoms with E-state index in [2.05, 4.69) is 16.4 Å². The first-order valence-electron chi connectivity index (χ1n) is 10.8. The average Bonchev–Trinajstić information content (AvgIpc) is 3.11. The van der Waals surface area contributed by atoms with Crippen LogP contribution < -0.4 is 5.32 Å². The third-order valence-corrected chi connectivity index (χ3v) is 6.28. The Morgan fingerprint density at radius 2 is 1.79 bits per heavy atom. The molecule has 0 spiro atoms. The molecule has 150 valence electrons. The van der Waals surface area contributed by atoms with Gasteiger partial charge in [-0.2, -0.15) is 5.10 Å². The molecule has 0 radical (unpaired) electrons. The van der Waals surface area contributed by atoms with E-state index in [1.807, 2.05) is 42.1 Å². The molecular formula is C23H32N4O. The van der Waals surface area contributed by atoms with Gasteiger partial charge in [-0.05, 0) is 37.8 Å². The predicted molar refractivity (Wildman–Crippen MR) is 111 cm³/mol. The van der Waals surface area contributed by atoms with Crippen molar-refractivity contribution in [3.63, 3.8) is 0 Å². The average molecular weight is 381 g/mol. The molecule has 1 amide bonds. The highest BCUT2D eigenvalue weighted by Crippen LogP contribution is 2.34. The molecule has 28 heavy (non-hydrogen) atoms. The van der Waals surface area contributed by atoms with E-state index in [0.29, 0.717) is 5.92 Å². The van der Waals surface area contributed by atoms with Crippen molar-refractivity contribution < 1.29 is 4.79 Å². The van der Waals surface area contributed by atoms with Gasteiger partial charge in [-0.25, -0.2) is 0 Å². The Hall–Kier alpha value is -2.14. The molecule has 1 aliphatic heterocycles. The molecule has 0 bridgehead atoms. The lowest BCUT2D eigenvalue weighted by molar-refractivity contribution is 0.0909. The molecule has 5 heteroatoms. The zero-order valence-electron chi connectivity index (χ0n) is 16.9. The van der Waals surface area contributed by atoms with Crippen molar-refractivity contribution in [2.75, 3.05) is 13.1 Å². The molecule has 0 atom stereocenters. The van der Waals surface area contributed by atoms with Crippen LogP contribution in [-0.2, 0) is 13.6 Å². The molecule has 1 saturated carbocycles. The molecule has 1 N–H and O–H groups in total. The number of benzene rings is 1. The zero-order valence-corrected chi connectivity index (χ0v) is 16.9. The summed E-state index contributed by atoms with van der Waals surface area (Å²) in [5, 5.41) is 8.03. The van der Waals surface area contributed by atoms with Crippen LogP contribution in [0.1, 0.15) is 72.5 Å². The van der Waals surface area contributed by atoms with Crippen LogP contribution in [-0.4, -0.2) is 39.7 Å². The van der Waals surface area contributed by atoms with Crippen LogP contribution in [0.5, 0.6) is 0 Å². The second-order valence-corrected chi connectivity index (χ2v) is 8.44. The minimum absolute atomic E-state index is 0.0471. The van der Waals surface area contributed by atoms with E-state index in [9.17, 15) is 4.79 Å². The first kappa shape index (κ1) is 19.2. The first-order chi connectivity index (χ1) is 13.7. The van der Waals surface area contributed by atoms with Crippen LogP contribution in [0.15, 0.2) is 36.5 Å². The number of carbonyl (C=O) groups is 1. The Morgan fingerprint density at radius 1 is 1.07 bits per heavy atom. The smallest absolute Gasteiger partial charge is 0.251 e. The Bertz CT molecular complexity index is 771. The van der Waals surface area contributed by atoms with E-state index in [-0.39, 0.29) is 11.9 Å². The summed E-state index contributed by atoms with van der Waals surface area (Å²) in [6.07, 6.45) is 10.9. The molecule has 1 saturated heterocycles. The van der Waals surface area contributed by atoms with Crippen molar-refractivity contribution in [2.24, 2.45) is 7.05 Å². The van der Waals surface area contributed by atoms with Gasteiger partial charge in [0.05, 0.1) is 5.69 Å². The first-order valence-corrected chi connectivity index (χ1v) is 10.8. The van der Waals surface area contributed by atoms with E-state index in [1.165, 1.54) is 43.4 Å². The van der Waals surface area contributed by atoms with Gasteiger partial charge in [0.15, 0.2) is 0 Å². The van der Waals surface area contributed by atoms with Crippen molar-refractivity contribution >= 4 is 5.91 Å². The lowest BCUT2D eigenvalue weighted by Gasteiger charge is -2.32. The van der Waals surface area contributed by atoms with Crippen molar-refractivity contribution in [1.82, 2.24) is 20.0 Å². The zero-order chi connectivity index (χ0) is 19.3. The molecule has 0 unspecified atom stereocenters. The maximum absolute atomic E-state index is 12.4. The minimum Gasteiger partial charge on any atom is -0.349 e. The highest BCUT2D eigenvalue weighted by atomic mass is 16.1. The molecule has 2 fully saturated rings. The molecule has 5 nitrogen and oxygen atoms in total. The summed E-state index contributed by atoms with van der Waals surface area (Å²) in [6, 6.07) is 9.79. The van der Waals surface area contributed by atoms with Gasteiger partial charge in [0, 0.05) is 56.0 Å². The number of amides is 1. The van der Waals surface area contributed by atoms with Gasteiger partial charge in [0.1, 0.15) is 0 Å². The van der Waals surface area contributed by atoms with Gasteiger partial charge in [0.25, 0.3) is 5.91 Å². The van der Waals surface area contributed by atoms with E-state index in [0.717, 1.165) is 38.0 Å². The summed E-state index contributed by atoms with van der Waals surface area (Å²) in [7, 11) is 2.04. The minimum atomic E-state index is 0.0471. The number of nitrogens with one attached hydrogen (secondary N) is 1. The maximum atomic E-state index is 12.4. The lowest BCUT2D eigenvalue weighted by atomic mass is 9.85. The number of nitrogens with zero attached hydrogens (tertiary/aromatic N) is 3. The number of hydrogen-bond donors (Lipinski definition) is 1. The summed E-state index contributed by atoms with van der Waals surface area (Å²) >= 11 is 0. The Morgan fingerprint density at radius 3 is 2.50 bits per heavy atom. The molecule has 2 aromatic rings. The summed E-state index contributed by atoms with van der Waals surface area (Å²) < 4.78 is 1.99. The second kappa shape index (κ2) is 8.91. The number of rotatable bonds is 5. The third kappa shape index (κ3) is 4.64. The normalized spacial score (nSPS) is 19.6. The molecule has 1 aromatic carbocycles. The molecule has 4 rings (SSSR count). The molecule has 2 aliphatic rings. The largest absolute Gasteiger partial charge is 0.349 e. The summed E-state index contributed by atoms with van der Waals surface area (Å²) in [6.45, 7) is 3.04. The number of likely N-dealkylation sites (tertiary alicyclic amines) is 1. The molecular weight excluding hydrogens is 348 g/mol. The SMILES string of the molecule is Cn1cc(CN2CCC(NC(=O)c3ccccc3)CC2)c(C2CCCCC2)n1. The van der Waals surface area contributed by atoms with E-state index < -0.39 is 0 Å². The fourth-order valence-corrected chi connectivity index (χ4v) is 4.73.